The predicted octanol–water partition coefficient (Wildman–Crippen LogP) is 0.291. The Morgan fingerprint density at radius 1 is 1.05 bits per heavy atom. The molecule has 0 aromatic rings. The Morgan fingerprint density at radius 2 is 1.52 bits per heavy atom. The fourth-order valence-electron chi connectivity index (χ4n) is 1.18. The van der Waals surface area contributed by atoms with E-state index in [0.717, 1.165) is 0 Å². The molecule has 0 fully saturated rings. The number of nitrogens with one attached hydrogen (secondary N) is 2. The lowest BCUT2D eigenvalue weighted by molar-refractivity contribution is -0.294. The molecule has 9 nitrogen and oxygen atoms in total. The van der Waals surface area contributed by atoms with Crippen molar-refractivity contribution in [2.45, 2.75) is 45.4 Å². The molecule has 1 atom stereocenters. The van der Waals surface area contributed by atoms with Crippen molar-refractivity contribution in [2.24, 2.45) is 0 Å². The van der Waals surface area contributed by atoms with E-state index in [4.69, 9.17) is 19.1 Å². The molecule has 0 rings (SSSR count). The third-order valence-corrected chi connectivity index (χ3v) is 2.10. The summed E-state index contributed by atoms with van der Waals surface area (Å²) in [6.07, 6.45) is -1.07. The minimum atomic E-state index is -1.77. The fourth-order valence-corrected chi connectivity index (χ4v) is 1.18. The molecular formula is C12H26N2O7. The van der Waals surface area contributed by atoms with Crippen molar-refractivity contribution in [1.82, 2.24) is 11.0 Å². The van der Waals surface area contributed by atoms with E-state index in [1.165, 1.54) is 0 Å². The molecule has 0 saturated heterocycles. The Balaban J connectivity index is 4.20. The Hall–Kier alpha value is -0.970. The largest absolute Gasteiger partial charge is 0.513 e. The molecule has 0 aliphatic rings. The number of hydrogen-bond acceptors (Lipinski definition) is 9. The average Bonchev–Trinajstić information content (AvgIpc) is 2.32. The zero-order chi connectivity index (χ0) is 16.5. The van der Waals surface area contributed by atoms with E-state index in [1.54, 1.807) is 41.8 Å². The number of carbonyl (C=O) groups is 1. The van der Waals surface area contributed by atoms with Crippen LogP contribution in [0.3, 0.4) is 0 Å². The van der Waals surface area contributed by atoms with E-state index in [9.17, 15) is 9.90 Å². The average molecular weight is 310 g/mol. The summed E-state index contributed by atoms with van der Waals surface area (Å²) in [4.78, 5) is 21.4. The van der Waals surface area contributed by atoms with Gasteiger partial charge in [0.2, 0.25) is 0 Å². The lowest BCUT2D eigenvalue weighted by Crippen LogP contribution is -2.40. The Morgan fingerprint density at radius 3 is 2.00 bits per heavy atom. The van der Waals surface area contributed by atoms with Gasteiger partial charge in [-0.3, -0.25) is 9.68 Å². The van der Waals surface area contributed by atoms with E-state index >= 15 is 0 Å². The van der Waals surface area contributed by atoms with Crippen LogP contribution in [0.5, 0.6) is 0 Å². The zero-order valence-electron chi connectivity index (χ0n) is 13.4. The molecule has 0 aromatic carbocycles. The van der Waals surface area contributed by atoms with Gasteiger partial charge in [0.15, 0.2) is 0 Å². The molecule has 0 radical (unpaired) electrons. The van der Waals surface area contributed by atoms with Gasteiger partial charge >= 0.3 is 12.6 Å². The summed E-state index contributed by atoms with van der Waals surface area (Å²) in [5.41, 5.74) is 3.14. The van der Waals surface area contributed by atoms with Crippen LogP contribution in [-0.2, 0) is 23.9 Å². The van der Waals surface area contributed by atoms with E-state index < -0.39 is 23.8 Å². The van der Waals surface area contributed by atoms with E-state index in [1.807, 2.05) is 0 Å². The molecule has 0 bridgehead atoms. The van der Waals surface area contributed by atoms with Gasteiger partial charge in [0.05, 0.1) is 12.2 Å². The molecule has 9 heteroatoms. The standard InChI is InChI=1S/C12H26N2O7/c1-11(2,7-17-13-5)20-9(15)19-10(16)21-12(3,4)8-18-14-6/h9,13-15H,7-8H2,1-6H3. The molecule has 3 N–H and O–H groups in total. The highest BCUT2D eigenvalue weighted by atomic mass is 16.9. The summed E-state index contributed by atoms with van der Waals surface area (Å²) >= 11 is 0. The summed E-state index contributed by atoms with van der Waals surface area (Å²) in [5.74, 6) is 0. The highest BCUT2D eigenvalue weighted by Gasteiger charge is 2.29. The van der Waals surface area contributed by atoms with Gasteiger partial charge in [-0.15, -0.1) is 0 Å². The summed E-state index contributed by atoms with van der Waals surface area (Å²) in [5, 5.41) is 9.56. The number of hydroxylamine groups is 2. The second kappa shape index (κ2) is 9.13. The van der Waals surface area contributed by atoms with Crippen molar-refractivity contribution in [3.63, 3.8) is 0 Å². The maximum Gasteiger partial charge on any atom is 0.513 e. The number of hydrogen-bond donors (Lipinski definition) is 3. The van der Waals surface area contributed by atoms with E-state index in [-0.39, 0.29) is 13.2 Å². The number of aliphatic hydroxyl groups excluding tert-OH is 1. The molecule has 1 unspecified atom stereocenters. The Labute approximate surface area is 124 Å². The molecule has 0 aliphatic carbocycles. The number of ether oxygens (including phenoxy) is 3. The van der Waals surface area contributed by atoms with Crippen molar-refractivity contribution >= 4 is 6.16 Å². The number of rotatable bonds is 10. The minimum absolute atomic E-state index is 0.108. The minimum Gasteiger partial charge on any atom is -0.426 e. The molecule has 21 heavy (non-hydrogen) atoms. The molecule has 126 valence electrons. The first kappa shape index (κ1) is 20.0. The van der Waals surface area contributed by atoms with Crippen molar-refractivity contribution in [2.75, 3.05) is 27.3 Å². The van der Waals surface area contributed by atoms with Crippen molar-refractivity contribution in [1.29, 1.82) is 0 Å². The predicted molar refractivity (Wildman–Crippen MR) is 72.8 cm³/mol. The van der Waals surface area contributed by atoms with Gasteiger partial charge in [0, 0.05) is 14.1 Å². The lowest BCUT2D eigenvalue weighted by atomic mass is 10.1. The van der Waals surface area contributed by atoms with Gasteiger partial charge in [-0.1, -0.05) is 0 Å². The van der Waals surface area contributed by atoms with Crippen LogP contribution in [0.25, 0.3) is 0 Å². The third-order valence-electron chi connectivity index (χ3n) is 2.10. The molecule has 0 amide bonds. The van der Waals surface area contributed by atoms with Crippen LogP contribution in [-0.4, -0.2) is 56.2 Å². The summed E-state index contributed by atoms with van der Waals surface area (Å²) < 4.78 is 14.7. The van der Waals surface area contributed by atoms with Gasteiger partial charge in [0.25, 0.3) is 0 Å². The number of carbonyl (C=O) groups excluding carboxylic acids is 1. The van der Waals surface area contributed by atoms with Crippen molar-refractivity contribution in [3.05, 3.63) is 0 Å². The highest BCUT2D eigenvalue weighted by Crippen LogP contribution is 2.15. The monoisotopic (exact) mass is 310 g/mol. The molecular weight excluding hydrogens is 284 g/mol. The van der Waals surface area contributed by atoms with Gasteiger partial charge in [-0.05, 0) is 27.7 Å². The molecule has 0 saturated carbocycles. The van der Waals surface area contributed by atoms with Gasteiger partial charge in [-0.25, -0.2) is 15.8 Å². The maximum absolute atomic E-state index is 11.5. The van der Waals surface area contributed by atoms with Crippen LogP contribution in [0.15, 0.2) is 0 Å². The van der Waals surface area contributed by atoms with Gasteiger partial charge in [0.1, 0.15) is 12.2 Å². The summed E-state index contributed by atoms with van der Waals surface area (Å²) in [6.45, 7) is 5.05. The number of aliphatic hydroxyl groups is 1. The highest BCUT2D eigenvalue weighted by molar-refractivity contribution is 5.60. The topological polar surface area (TPSA) is 108 Å². The van der Waals surface area contributed by atoms with Gasteiger partial charge < -0.3 is 19.3 Å². The first-order valence-corrected chi connectivity index (χ1v) is 6.44. The molecule has 0 spiro atoms. The second-order valence-electron chi connectivity index (χ2n) is 5.40. The van der Waals surface area contributed by atoms with Crippen LogP contribution in [0.2, 0.25) is 0 Å². The summed E-state index contributed by atoms with van der Waals surface area (Å²) in [7, 11) is 3.18. The first-order valence-electron chi connectivity index (χ1n) is 6.44. The normalized spacial score (nSPS) is 13.9. The fraction of sp³-hybridized carbons (Fsp3) is 0.917. The molecule has 0 heterocycles. The lowest BCUT2D eigenvalue weighted by Gasteiger charge is -2.28. The summed E-state index contributed by atoms with van der Waals surface area (Å²) in [6, 6.07) is 0. The van der Waals surface area contributed by atoms with E-state index in [0.29, 0.717) is 0 Å². The maximum atomic E-state index is 11.5. The van der Waals surface area contributed by atoms with Crippen molar-refractivity contribution < 1.29 is 33.8 Å². The second-order valence-corrected chi connectivity index (χ2v) is 5.40. The van der Waals surface area contributed by atoms with Crippen LogP contribution < -0.4 is 11.0 Å². The zero-order valence-corrected chi connectivity index (χ0v) is 13.4. The Bertz CT molecular complexity index is 310. The van der Waals surface area contributed by atoms with E-state index in [2.05, 4.69) is 15.7 Å². The SMILES string of the molecule is CNOCC(C)(C)OC(=O)OC(O)OC(C)(C)CONC. The van der Waals surface area contributed by atoms with Crippen LogP contribution in [0.4, 0.5) is 4.79 Å². The smallest absolute Gasteiger partial charge is 0.426 e. The molecule has 0 aromatic heterocycles. The quantitative estimate of drug-likeness (QED) is 0.298. The first-order chi connectivity index (χ1) is 9.62. The molecule has 0 aliphatic heterocycles. The van der Waals surface area contributed by atoms with Crippen LogP contribution >= 0.6 is 0 Å². The third kappa shape index (κ3) is 10.4. The van der Waals surface area contributed by atoms with Crippen LogP contribution in [0, 0.1) is 0 Å². The van der Waals surface area contributed by atoms with Crippen molar-refractivity contribution in [3.8, 4) is 0 Å². The van der Waals surface area contributed by atoms with Crippen LogP contribution in [0.1, 0.15) is 27.7 Å². The Kier molecular flexibility index (Phi) is 8.71. The van der Waals surface area contributed by atoms with Gasteiger partial charge in [-0.2, -0.15) is 0 Å².